The Morgan fingerprint density at radius 3 is 2.94 bits per heavy atom. The number of carbonyl (C=O) groups is 1. The van der Waals surface area contributed by atoms with E-state index in [0.717, 1.165) is 5.56 Å². The summed E-state index contributed by atoms with van der Waals surface area (Å²) in [5, 5.41) is 14.2. The number of anilines is 1. The van der Waals surface area contributed by atoms with Crippen LogP contribution in [0.25, 0.3) is 16.0 Å². The fourth-order valence-electron chi connectivity index (χ4n) is 3.33. The number of halogens is 1. The minimum atomic E-state index is -0.219. The summed E-state index contributed by atoms with van der Waals surface area (Å²) in [7, 11) is 0. The predicted octanol–water partition coefficient (Wildman–Crippen LogP) is 4.44. The summed E-state index contributed by atoms with van der Waals surface area (Å²) in [4.78, 5) is 25.5. The molecule has 4 heterocycles. The van der Waals surface area contributed by atoms with Crippen molar-refractivity contribution in [3.05, 3.63) is 74.7 Å². The maximum absolute atomic E-state index is 13.0. The molecule has 0 spiro atoms. The number of hydrogen-bond acceptors (Lipinski definition) is 7. The first kappa shape index (κ1) is 20.8. The second-order valence-corrected chi connectivity index (χ2v) is 9.31. The summed E-state index contributed by atoms with van der Waals surface area (Å²) >= 11 is 8.79. The second-order valence-electron chi connectivity index (χ2n) is 7.04. The quantitative estimate of drug-likeness (QED) is 0.357. The Bertz CT molecular complexity index is 1500. The summed E-state index contributed by atoms with van der Waals surface area (Å²) in [6, 6.07) is 10.9. The summed E-state index contributed by atoms with van der Waals surface area (Å²) in [5.74, 6) is 0.912. The van der Waals surface area contributed by atoms with Crippen LogP contribution in [0.5, 0.6) is 0 Å². The molecule has 0 radical (unpaired) electrons. The first-order valence-corrected chi connectivity index (χ1v) is 11.8. The zero-order valence-corrected chi connectivity index (χ0v) is 19.1. The monoisotopic (exact) mass is 485 g/mol. The highest BCUT2D eigenvalue weighted by molar-refractivity contribution is 7.99. The fraction of sp³-hybridized carbons (Fsp3) is 0.143. The van der Waals surface area contributed by atoms with Crippen molar-refractivity contribution in [3.8, 4) is 0 Å². The molecule has 0 unspecified atom stereocenters. The molecule has 5 rings (SSSR count). The molecule has 4 aromatic heterocycles. The molecule has 0 fully saturated rings. The minimum absolute atomic E-state index is 0.105. The number of rotatable bonds is 6. The van der Waals surface area contributed by atoms with E-state index in [1.165, 1.54) is 27.7 Å². The summed E-state index contributed by atoms with van der Waals surface area (Å²) in [6.45, 7) is 2.17. The van der Waals surface area contributed by atoms with Gasteiger partial charge in [-0.25, -0.2) is 0 Å². The van der Waals surface area contributed by atoms with Crippen LogP contribution in [0.3, 0.4) is 0 Å². The number of fused-ring (bicyclic) bond motifs is 3. The van der Waals surface area contributed by atoms with Crippen LogP contribution in [-0.4, -0.2) is 30.8 Å². The first-order valence-electron chi connectivity index (χ1n) is 9.57. The average Bonchev–Trinajstić information content (AvgIpc) is 3.52. The van der Waals surface area contributed by atoms with Gasteiger partial charge >= 0.3 is 0 Å². The molecule has 11 heteroatoms. The molecule has 8 nitrogen and oxygen atoms in total. The van der Waals surface area contributed by atoms with Gasteiger partial charge in [-0.15, -0.1) is 21.5 Å². The van der Waals surface area contributed by atoms with Gasteiger partial charge < -0.3 is 9.73 Å². The van der Waals surface area contributed by atoms with E-state index in [1.54, 1.807) is 34.9 Å². The predicted molar refractivity (Wildman–Crippen MR) is 126 cm³/mol. The molecule has 0 aliphatic carbocycles. The number of thiophene rings is 1. The van der Waals surface area contributed by atoms with Gasteiger partial charge in [0, 0.05) is 0 Å². The van der Waals surface area contributed by atoms with Gasteiger partial charge in [-0.1, -0.05) is 29.4 Å². The SMILES string of the molecule is Cc1ccc(NC(=O)CSc2nnc3n(Cc4ccco4)c(=O)c4sccc4n23)c(Cl)c1. The summed E-state index contributed by atoms with van der Waals surface area (Å²) in [6.07, 6.45) is 1.56. The Kier molecular flexibility index (Phi) is 5.50. The van der Waals surface area contributed by atoms with Gasteiger partial charge in [-0.05, 0) is 48.2 Å². The minimum Gasteiger partial charge on any atom is -0.467 e. The van der Waals surface area contributed by atoms with E-state index < -0.39 is 0 Å². The lowest BCUT2D eigenvalue weighted by Crippen LogP contribution is -2.23. The van der Waals surface area contributed by atoms with E-state index >= 15 is 0 Å². The summed E-state index contributed by atoms with van der Waals surface area (Å²) < 4.78 is 9.32. The second kappa shape index (κ2) is 8.45. The van der Waals surface area contributed by atoms with E-state index in [-0.39, 0.29) is 23.8 Å². The van der Waals surface area contributed by atoms with Crippen molar-refractivity contribution in [2.75, 3.05) is 11.1 Å². The number of nitrogens with zero attached hydrogens (tertiary/aromatic N) is 4. The van der Waals surface area contributed by atoms with E-state index in [2.05, 4.69) is 15.5 Å². The topological polar surface area (TPSA) is 94.4 Å². The van der Waals surface area contributed by atoms with Crippen molar-refractivity contribution in [2.45, 2.75) is 18.6 Å². The van der Waals surface area contributed by atoms with E-state index in [4.69, 9.17) is 16.0 Å². The largest absolute Gasteiger partial charge is 0.467 e. The normalized spacial score (nSPS) is 11.4. The van der Waals surface area contributed by atoms with E-state index in [0.29, 0.717) is 37.6 Å². The maximum Gasteiger partial charge on any atom is 0.273 e. The molecular weight excluding hydrogens is 470 g/mol. The third-order valence-electron chi connectivity index (χ3n) is 4.81. The molecule has 1 amide bonds. The summed E-state index contributed by atoms with van der Waals surface area (Å²) in [5.41, 5.74) is 2.12. The van der Waals surface area contributed by atoms with Gasteiger partial charge in [0.05, 0.1) is 34.8 Å². The van der Waals surface area contributed by atoms with Crippen molar-refractivity contribution in [1.29, 1.82) is 0 Å². The smallest absolute Gasteiger partial charge is 0.273 e. The van der Waals surface area contributed by atoms with Gasteiger partial charge in [0.25, 0.3) is 5.56 Å². The van der Waals surface area contributed by atoms with Gasteiger partial charge in [-0.3, -0.25) is 18.6 Å². The third kappa shape index (κ3) is 3.81. The number of nitrogens with one attached hydrogen (secondary N) is 1. The number of aromatic nitrogens is 4. The zero-order valence-electron chi connectivity index (χ0n) is 16.7. The molecule has 0 saturated heterocycles. The molecule has 32 heavy (non-hydrogen) atoms. The molecule has 5 aromatic rings. The number of benzene rings is 1. The number of aryl methyl sites for hydroxylation is 1. The highest BCUT2D eigenvalue weighted by atomic mass is 35.5. The van der Waals surface area contributed by atoms with Crippen LogP contribution < -0.4 is 10.9 Å². The first-order chi connectivity index (χ1) is 15.5. The van der Waals surface area contributed by atoms with Crippen molar-refractivity contribution >= 4 is 62.3 Å². The highest BCUT2D eigenvalue weighted by Gasteiger charge is 2.19. The van der Waals surface area contributed by atoms with Gasteiger partial charge in [0.2, 0.25) is 11.7 Å². The van der Waals surface area contributed by atoms with Crippen LogP contribution in [-0.2, 0) is 11.3 Å². The molecule has 1 N–H and O–H groups in total. The molecule has 1 aromatic carbocycles. The van der Waals surface area contributed by atoms with Crippen molar-refractivity contribution in [1.82, 2.24) is 19.2 Å². The number of furan rings is 1. The Morgan fingerprint density at radius 1 is 1.28 bits per heavy atom. The Labute approximate surface area is 194 Å². The van der Waals surface area contributed by atoms with Crippen LogP contribution in [0, 0.1) is 6.92 Å². The van der Waals surface area contributed by atoms with Crippen LogP contribution in [0.2, 0.25) is 5.02 Å². The third-order valence-corrected chi connectivity index (χ3v) is 6.94. The Balaban J connectivity index is 1.45. The van der Waals surface area contributed by atoms with Gasteiger partial charge in [0.15, 0.2) is 5.16 Å². The molecule has 162 valence electrons. The van der Waals surface area contributed by atoms with Crippen LogP contribution >= 0.6 is 34.7 Å². The number of amides is 1. The van der Waals surface area contributed by atoms with Gasteiger partial charge in [0.1, 0.15) is 10.5 Å². The lowest BCUT2D eigenvalue weighted by molar-refractivity contribution is -0.113. The van der Waals surface area contributed by atoms with Crippen molar-refractivity contribution < 1.29 is 9.21 Å². The highest BCUT2D eigenvalue weighted by Crippen LogP contribution is 2.26. The van der Waals surface area contributed by atoms with Gasteiger partial charge in [-0.2, -0.15) is 0 Å². The molecule has 0 aliphatic heterocycles. The van der Waals surface area contributed by atoms with Crippen LogP contribution in [0.4, 0.5) is 5.69 Å². The zero-order chi connectivity index (χ0) is 22.2. The molecule has 0 bridgehead atoms. The van der Waals surface area contributed by atoms with E-state index in [9.17, 15) is 9.59 Å². The number of carbonyl (C=O) groups excluding carboxylic acids is 1. The van der Waals surface area contributed by atoms with Crippen LogP contribution in [0.15, 0.2) is 62.4 Å². The maximum atomic E-state index is 13.0. The molecule has 0 aliphatic rings. The lowest BCUT2D eigenvalue weighted by Gasteiger charge is -2.09. The molecular formula is C21H16ClN5O3S2. The number of hydrogen-bond donors (Lipinski definition) is 1. The fourth-order valence-corrected chi connectivity index (χ4v) is 5.18. The van der Waals surface area contributed by atoms with Crippen molar-refractivity contribution in [3.63, 3.8) is 0 Å². The Hall–Kier alpha value is -3.08. The van der Waals surface area contributed by atoms with Crippen LogP contribution in [0.1, 0.15) is 11.3 Å². The Morgan fingerprint density at radius 2 is 2.16 bits per heavy atom. The lowest BCUT2D eigenvalue weighted by atomic mass is 10.2. The van der Waals surface area contributed by atoms with E-state index in [1.807, 2.05) is 24.4 Å². The standard InChI is InChI=1S/C21H16ClN5O3S2/c1-12-4-5-15(14(22)9-12)23-17(28)11-32-21-25-24-20-26(10-13-3-2-7-30-13)19(29)18-16(27(20)21)6-8-31-18/h2-9H,10-11H2,1H3,(H,23,28). The molecule has 0 saturated carbocycles. The average molecular weight is 486 g/mol. The molecule has 0 atom stereocenters. The number of thioether (sulfide) groups is 1. The van der Waals surface area contributed by atoms with Crippen molar-refractivity contribution in [2.24, 2.45) is 0 Å².